The lowest BCUT2D eigenvalue weighted by Gasteiger charge is -2.20. The number of carbonyl (C=O) groups is 2. The average Bonchev–Trinajstić information content (AvgIpc) is 3.21. The number of hydrogen-bond acceptors (Lipinski definition) is 4. The normalized spacial score (nSPS) is 13.5. The maximum absolute atomic E-state index is 12.9. The SMILES string of the molecule is O=C(CNc1cccc(C(=O)N2CCCCCC2)c1)Nc1ccc(OCCCc2ccccc2)cc1. The standard InChI is InChI=1S/C30H35N3O3/c34-29(23-31-27-14-8-13-25(22-27)30(35)33-19-6-1-2-7-20-33)32-26-15-17-28(18-16-26)36-21-9-12-24-10-4-3-5-11-24/h3-5,8,10-11,13-18,22,31H,1-2,6-7,9,12,19-21,23H2,(H,32,34). The molecule has 0 radical (unpaired) electrons. The molecule has 0 aliphatic carbocycles. The first-order valence-electron chi connectivity index (χ1n) is 12.9. The molecule has 1 aliphatic rings. The fraction of sp³-hybridized carbons (Fsp3) is 0.333. The van der Waals surface area contributed by atoms with E-state index in [4.69, 9.17) is 4.74 Å². The Hall–Kier alpha value is -3.80. The van der Waals surface area contributed by atoms with Gasteiger partial charge < -0.3 is 20.3 Å². The van der Waals surface area contributed by atoms with Gasteiger partial charge >= 0.3 is 0 Å². The van der Waals surface area contributed by atoms with Crippen molar-refractivity contribution in [2.24, 2.45) is 0 Å². The van der Waals surface area contributed by atoms with E-state index in [1.807, 2.05) is 71.6 Å². The summed E-state index contributed by atoms with van der Waals surface area (Å²) < 4.78 is 5.82. The highest BCUT2D eigenvalue weighted by atomic mass is 16.5. The molecule has 0 bridgehead atoms. The molecule has 1 fully saturated rings. The third-order valence-corrected chi connectivity index (χ3v) is 6.32. The fourth-order valence-corrected chi connectivity index (χ4v) is 4.35. The summed E-state index contributed by atoms with van der Waals surface area (Å²) >= 11 is 0. The molecule has 2 N–H and O–H groups in total. The zero-order valence-electron chi connectivity index (χ0n) is 20.7. The van der Waals surface area contributed by atoms with Crippen LogP contribution in [0, 0.1) is 0 Å². The number of aryl methyl sites for hydroxylation is 1. The molecule has 3 aromatic carbocycles. The number of likely N-dealkylation sites (tertiary alicyclic amines) is 1. The van der Waals surface area contributed by atoms with E-state index in [1.165, 1.54) is 18.4 Å². The summed E-state index contributed by atoms with van der Waals surface area (Å²) in [5.74, 6) is 0.688. The summed E-state index contributed by atoms with van der Waals surface area (Å²) in [6, 6.07) is 25.2. The van der Waals surface area contributed by atoms with E-state index in [1.54, 1.807) is 0 Å². The summed E-state index contributed by atoms with van der Waals surface area (Å²) in [6.45, 7) is 2.38. The number of rotatable bonds is 10. The summed E-state index contributed by atoms with van der Waals surface area (Å²) in [5.41, 5.74) is 3.43. The van der Waals surface area contributed by atoms with E-state index in [-0.39, 0.29) is 18.4 Å². The van der Waals surface area contributed by atoms with Gasteiger partial charge in [-0.15, -0.1) is 0 Å². The Morgan fingerprint density at radius 3 is 2.31 bits per heavy atom. The second-order valence-electron chi connectivity index (χ2n) is 9.15. The van der Waals surface area contributed by atoms with Crippen LogP contribution in [-0.4, -0.2) is 43.0 Å². The number of ether oxygens (including phenoxy) is 1. The highest BCUT2D eigenvalue weighted by molar-refractivity contribution is 5.96. The van der Waals surface area contributed by atoms with Crippen molar-refractivity contribution in [3.8, 4) is 5.75 Å². The Balaban J connectivity index is 1.19. The number of nitrogens with one attached hydrogen (secondary N) is 2. The first kappa shape index (κ1) is 25.3. The molecule has 1 aliphatic heterocycles. The van der Waals surface area contributed by atoms with Crippen molar-refractivity contribution in [3.05, 3.63) is 90.0 Å². The molecule has 0 aromatic heterocycles. The van der Waals surface area contributed by atoms with Crippen LogP contribution in [0.2, 0.25) is 0 Å². The minimum absolute atomic E-state index is 0.0624. The molecule has 3 aromatic rings. The smallest absolute Gasteiger partial charge is 0.253 e. The number of nitrogens with zero attached hydrogens (tertiary/aromatic N) is 1. The molecule has 36 heavy (non-hydrogen) atoms. The van der Waals surface area contributed by atoms with E-state index in [0.717, 1.165) is 50.2 Å². The van der Waals surface area contributed by atoms with Gasteiger partial charge in [0.15, 0.2) is 0 Å². The molecule has 4 rings (SSSR count). The Morgan fingerprint density at radius 2 is 1.56 bits per heavy atom. The molecule has 6 heteroatoms. The Morgan fingerprint density at radius 1 is 0.806 bits per heavy atom. The zero-order valence-corrected chi connectivity index (χ0v) is 20.7. The van der Waals surface area contributed by atoms with Crippen LogP contribution in [0.15, 0.2) is 78.9 Å². The van der Waals surface area contributed by atoms with Gasteiger partial charge in [0, 0.05) is 30.0 Å². The van der Waals surface area contributed by atoms with Crippen LogP contribution in [-0.2, 0) is 11.2 Å². The number of anilines is 2. The van der Waals surface area contributed by atoms with Crippen molar-refractivity contribution in [1.82, 2.24) is 4.90 Å². The fourth-order valence-electron chi connectivity index (χ4n) is 4.35. The van der Waals surface area contributed by atoms with Gasteiger partial charge in [-0.25, -0.2) is 0 Å². The van der Waals surface area contributed by atoms with Crippen LogP contribution >= 0.6 is 0 Å². The average molecular weight is 486 g/mol. The number of carbonyl (C=O) groups excluding carboxylic acids is 2. The molecular formula is C30H35N3O3. The maximum atomic E-state index is 12.9. The molecule has 188 valence electrons. The summed E-state index contributed by atoms with van der Waals surface area (Å²) in [6.07, 6.45) is 6.42. The highest BCUT2D eigenvalue weighted by Crippen LogP contribution is 2.18. The van der Waals surface area contributed by atoms with Gasteiger partial charge in [-0.1, -0.05) is 49.2 Å². The number of hydrogen-bond donors (Lipinski definition) is 2. The molecule has 2 amide bonds. The quantitative estimate of drug-likeness (QED) is 0.358. The van der Waals surface area contributed by atoms with Crippen LogP contribution < -0.4 is 15.4 Å². The largest absolute Gasteiger partial charge is 0.494 e. The minimum atomic E-state index is -0.157. The van der Waals surface area contributed by atoms with Crippen LogP contribution in [0.25, 0.3) is 0 Å². The minimum Gasteiger partial charge on any atom is -0.494 e. The first-order chi connectivity index (χ1) is 17.7. The Labute approximate surface area is 213 Å². The molecule has 6 nitrogen and oxygen atoms in total. The maximum Gasteiger partial charge on any atom is 0.253 e. The Bertz CT molecular complexity index is 1110. The molecule has 0 atom stereocenters. The van der Waals surface area contributed by atoms with Crippen LogP contribution in [0.5, 0.6) is 5.75 Å². The van der Waals surface area contributed by atoms with Crippen molar-refractivity contribution >= 4 is 23.2 Å². The lowest BCUT2D eigenvalue weighted by molar-refractivity contribution is -0.114. The van der Waals surface area contributed by atoms with E-state index < -0.39 is 0 Å². The summed E-state index contributed by atoms with van der Waals surface area (Å²) in [4.78, 5) is 27.2. The predicted molar refractivity (Wildman–Crippen MR) is 145 cm³/mol. The third-order valence-electron chi connectivity index (χ3n) is 6.32. The number of amides is 2. The van der Waals surface area contributed by atoms with Gasteiger partial charge in [0.25, 0.3) is 5.91 Å². The highest BCUT2D eigenvalue weighted by Gasteiger charge is 2.17. The van der Waals surface area contributed by atoms with Gasteiger partial charge in [0.05, 0.1) is 13.2 Å². The number of benzene rings is 3. The summed E-state index contributed by atoms with van der Waals surface area (Å²) in [7, 11) is 0. The first-order valence-corrected chi connectivity index (χ1v) is 12.9. The third kappa shape index (κ3) is 7.87. The topological polar surface area (TPSA) is 70.7 Å². The van der Waals surface area contributed by atoms with E-state index in [0.29, 0.717) is 17.9 Å². The van der Waals surface area contributed by atoms with E-state index in [9.17, 15) is 9.59 Å². The van der Waals surface area contributed by atoms with Gasteiger partial charge in [0.1, 0.15) is 5.75 Å². The Kier molecular flexibility index (Phi) is 9.37. The van der Waals surface area contributed by atoms with Gasteiger partial charge in [-0.3, -0.25) is 9.59 Å². The lowest BCUT2D eigenvalue weighted by atomic mass is 10.1. The zero-order chi connectivity index (χ0) is 25.0. The molecule has 1 saturated heterocycles. The van der Waals surface area contributed by atoms with Crippen LogP contribution in [0.1, 0.15) is 48.0 Å². The van der Waals surface area contributed by atoms with Crippen molar-refractivity contribution < 1.29 is 14.3 Å². The van der Waals surface area contributed by atoms with E-state index >= 15 is 0 Å². The van der Waals surface area contributed by atoms with Crippen molar-refractivity contribution in [1.29, 1.82) is 0 Å². The second-order valence-corrected chi connectivity index (χ2v) is 9.15. The molecule has 1 heterocycles. The van der Waals surface area contributed by atoms with Crippen molar-refractivity contribution in [2.75, 3.05) is 36.9 Å². The second kappa shape index (κ2) is 13.3. The van der Waals surface area contributed by atoms with Crippen molar-refractivity contribution in [2.45, 2.75) is 38.5 Å². The summed E-state index contributed by atoms with van der Waals surface area (Å²) in [5, 5.41) is 6.02. The predicted octanol–water partition coefficient (Wildman–Crippen LogP) is 5.77. The molecular weight excluding hydrogens is 450 g/mol. The molecule has 0 saturated carbocycles. The van der Waals surface area contributed by atoms with Gasteiger partial charge in [0.2, 0.25) is 5.91 Å². The molecule has 0 spiro atoms. The van der Waals surface area contributed by atoms with Crippen LogP contribution in [0.3, 0.4) is 0 Å². The van der Waals surface area contributed by atoms with Gasteiger partial charge in [-0.05, 0) is 73.7 Å². The lowest BCUT2D eigenvalue weighted by Crippen LogP contribution is -2.31. The van der Waals surface area contributed by atoms with Crippen molar-refractivity contribution in [3.63, 3.8) is 0 Å². The van der Waals surface area contributed by atoms with Gasteiger partial charge in [-0.2, -0.15) is 0 Å². The monoisotopic (exact) mass is 485 g/mol. The van der Waals surface area contributed by atoms with E-state index in [2.05, 4.69) is 22.8 Å². The van der Waals surface area contributed by atoms with Crippen LogP contribution in [0.4, 0.5) is 11.4 Å². The molecule has 0 unspecified atom stereocenters.